The van der Waals surface area contributed by atoms with Gasteiger partial charge >= 0.3 is 0 Å². The van der Waals surface area contributed by atoms with Crippen LogP contribution in [0.5, 0.6) is 0 Å². The third-order valence-corrected chi connectivity index (χ3v) is 12.1. The zero-order chi connectivity index (χ0) is 37.1. The third-order valence-electron chi connectivity index (χ3n) is 12.1. The van der Waals surface area contributed by atoms with Crippen LogP contribution in [0.1, 0.15) is 49.9 Å². The molecule has 2 heterocycles. The lowest BCUT2D eigenvalue weighted by Crippen LogP contribution is -2.15. The van der Waals surface area contributed by atoms with E-state index in [-0.39, 0.29) is 10.8 Å². The van der Waals surface area contributed by atoms with E-state index in [1.165, 1.54) is 44.5 Å². The van der Waals surface area contributed by atoms with Crippen molar-refractivity contribution in [2.75, 3.05) is 0 Å². The van der Waals surface area contributed by atoms with Gasteiger partial charge in [0.1, 0.15) is 11.2 Å². The average molecular weight is 708 g/mol. The molecule has 4 nitrogen and oxygen atoms in total. The normalized spacial score (nSPS) is 14.5. The Bertz CT molecular complexity index is 3040. The Morgan fingerprint density at radius 1 is 0.364 bits per heavy atom. The summed E-state index contributed by atoms with van der Waals surface area (Å²) in [7, 11) is 0. The molecule has 11 rings (SSSR count). The highest BCUT2D eigenvalue weighted by Gasteiger charge is 2.38. The van der Waals surface area contributed by atoms with Crippen molar-refractivity contribution >= 4 is 21.9 Å². The van der Waals surface area contributed by atoms with Crippen molar-refractivity contribution in [2.45, 2.75) is 38.5 Å². The second-order valence-electron chi connectivity index (χ2n) is 16.0. The molecule has 0 spiro atoms. The second kappa shape index (κ2) is 11.4. The largest absolute Gasteiger partial charge is 0.456 e. The van der Waals surface area contributed by atoms with Crippen molar-refractivity contribution in [1.29, 1.82) is 0 Å². The summed E-state index contributed by atoms with van der Waals surface area (Å²) in [5, 5.41) is 2.32. The van der Waals surface area contributed by atoms with Crippen LogP contribution in [0.4, 0.5) is 0 Å². The number of hydrogen-bond acceptors (Lipinski definition) is 4. The van der Waals surface area contributed by atoms with E-state index < -0.39 is 0 Å². The first-order valence-electron chi connectivity index (χ1n) is 19.0. The number of fused-ring (bicyclic) bond motifs is 9. The molecule has 0 saturated carbocycles. The van der Waals surface area contributed by atoms with Crippen molar-refractivity contribution in [2.24, 2.45) is 0 Å². The van der Waals surface area contributed by atoms with Crippen LogP contribution in [-0.4, -0.2) is 15.0 Å². The van der Waals surface area contributed by atoms with Gasteiger partial charge in [-0.05, 0) is 86.0 Å². The van der Waals surface area contributed by atoms with Crippen molar-refractivity contribution in [3.05, 3.63) is 174 Å². The molecule has 4 heteroatoms. The maximum absolute atomic E-state index is 6.32. The van der Waals surface area contributed by atoms with Gasteiger partial charge in [0, 0.05) is 38.3 Å². The molecule has 0 aliphatic heterocycles. The van der Waals surface area contributed by atoms with Gasteiger partial charge in [-0.2, -0.15) is 0 Å². The van der Waals surface area contributed by atoms with E-state index in [2.05, 4.69) is 149 Å². The molecule has 0 fully saturated rings. The molecule has 0 saturated heterocycles. The molecule has 0 unspecified atom stereocenters. The zero-order valence-electron chi connectivity index (χ0n) is 31.2. The Labute approximate surface area is 320 Å². The molecule has 55 heavy (non-hydrogen) atoms. The molecule has 2 aliphatic rings. The van der Waals surface area contributed by atoms with Crippen LogP contribution in [0.2, 0.25) is 0 Å². The van der Waals surface area contributed by atoms with Crippen LogP contribution in [0.15, 0.2) is 156 Å². The molecule has 0 amide bonds. The molecule has 0 atom stereocenters. The van der Waals surface area contributed by atoms with Crippen LogP contribution in [-0.2, 0) is 10.8 Å². The summed E-state index contributed by atoms with van der Waals surface area (Å²) >= 11 is 0. The fourth-order valence-electron chi connectivity index (χ4n) is 9.25. The number of hydrogen-bond donors (Lipinski definition) is 0. The first-order chi connectivity index (χ1) is 26.8. The van der Waals surface area contributed by atoms with E-state index in [1.54, 1.807) is 0 Å². The first-order valence-corrected chi connectivity index (χ1v) is 19.0. The van der Waals surface area contributed by atoms with Gasteiger partial charge in [-0.25, -0.2) is 15.0 Å². The van der Waals surface area contributed by atoms with Gasteiger partial charge in [0.15, 0.2) is 17.5 Å². The highest BCUT2D eigenvalue weighted by molar-refractivity contribution is 6.08. The quantitative estimate of drug-likeness (QED) is 0.183. The smallest absolute Gasteiger partial charge is 0.164 e. The van der Waals surface area contributed by atoms with Gasteiger partial charge in [-0.15, -0.1) is 0 Å². The number of nitrogens with zero attached hydrogens (tertiary/aromatic N) is 3. The van der Waals surface area contributed by atoms with Crippen LogP contribution < -0.4 is 0 Å². The van der Waals surface area contributed by atoms with E-state index in [1.807, 2.05) is 30.3 Å². The summed E-state index contributed by atoms with van der Waals surface area (Å²) in [6.45, 7) is 9.26. The van der Waals surface area contributed by atoms with Gasteiger partial charge < -0.3 is 4.42 Å². The van der Waals surface area contributed by atoms with Gasteiger partial charge in [0.25, 0.3) is 0 Å². The van der Waals surface area contributed by atoms with E-state index in [0.29, 0.717) is 17.5 Å². The highest BCUT2D eigenvalue weighted by Crippen LogP contribution is 2.53. The second-order valence-corrected chi connectivity index (χ2v) is 16.0. The minimum absolute atomic E-state index is 0.126. The fourth-order valence-corrected chi connectivity index (χ4v) is 9.25. The zero-order valence-corrected chi connectivity index (χ0v) is 31.2. The molecule has 2 aromatic heterocycles. The van der Waals surface area contributed by atoms with Crippen molar-refractivity contribution in [3.63, 3.8) is 0 Å². The Kier molecular flexibility index (Phi) is 6.61. The topological polar surface area (TPSA) is 51.8 Å². The van der Waals surface area contributed by atoms with Crippen molar-refractivity contribution in [1.82, 2.24) is 15.0 Å². The molecule has 0 bridgehead atoms. The van der Waals surface area contributed by atoms with Crippen molar-refractivity contribution < 1.29 is 4.42 Å². The summed E-state index contributed by atoms with van der Waals surface area (Å²) in [4.78, 5) is 15.5. The number of para-hydroxylation sites is 1. The monoisotopic (exact) mass is 707 g/mol. The SMILES string of the molecule is CC1(C)c2cc(-c3cccc(-c4nc(-c5ccccc5)nc(-c5cccc6c5-c5ccccc5C6(C)C)n4)c3)ccc2-c2cc3c(cc21)oc1ccccc13. The first kappa shape index (κ1) is 31.8. The van der Waals surface area contributed by atoms with Crippen molar-refractivity contribution in [3.8, 4) is 67.5 Å². The molecule has 0 radical (unpaired) electrons. The van der Waals surface area contributed by atoms with E-state index in [9.17, 15) is 0 Å². The number of rotatable bonds is 4. The minimum Gasteiger partial charge on any atom is -0.456 e. The summed E-state index contributed by atoms with van der Waals surface area (Å²) in [5.41, 5.74) is 17.0. The molecular formula is C51H37N3O. The predicted molar refractivity (Wildman–Crippen MR) is 224 cm³/mol. The fraction of sp³-hybridized carbons (Fsp3) is 0.118. The van der Waals surface area contributed by atoms with Gasteiger partial charge in [-0.3, -0.25) is 0 Å². The predicted octanol–water partition coefficient (Wildman–Crippen LogP) is 13.1. The standard InChI is InChI=1S/C51H37N3O/c1-50(2)40-21-10-8-19-36(40)46-37(20-13-22-41(46)50)49-53-47(30-14-6-5-7-15-30)52-48(54-49)33-17-12-16-31(26-33)32-24-25-34-38-28-39-35-18-9-11-23-44(35)55-45(39)29-43(38)51(3,4)42(34)27-32/h5-29H,1-4H3. The van der Waals surface area contributed by atoms with Gasteiger partial charge in [-0.1, -0.05) is 149 Å². The van der Waals surface area contributed by atoms with Crippen LogP contribution in [0.25, 0.3) is 89.5 Å². The number of furan rings is 1. The Balaban J connectivity index is 1.04. The lowest BCUT2D eigenvalue weighted by atomic mass is 9.81. The lowest BCUT2D eigenvalue weighted by Gasteiger charge is -2.22. The molecule has 262 valence electrons. The van der Waals surface area contributed by atoms with Gasteiger partial charge in [0.05, 0.1) is 0 Å². The van der Waals surface area contributed by atoms with Crippen LogP contribution in [0.3, 0.4) is 0 Å². The summed E-state index contributed by atoms with van der Waals surface area (Å²) < 4.78 is 6.32. The molecule has 7 aromatic carbocycles. The van der Waals surface area contributed by atoms with Gasteiger partial charge in [0.2, 0.25) is 0 Å². The van der Waals surface area contributed by atoms with Crippen LogP contribution >= 0.6 is 0 Å². The average Bonchev–Trinajstić information content (AvgIpc) is 3.79. The summed E-state index contributed by atoms with van der Waals surface area (Å²) in [5.74, 6) is 1.98. The molecule has 2 aliphatic carbocycles. The highest BCUT2D eigenvalue weighted by atomic mass is 16.3. The van der Waals surface area contributed by atoms with E-state index in [0.717, 1.165) is 49.8 Å². The number of aromatic nitrogens is 3. The van der Waals surface area contributed by atoms with E-state index >= 15 is 0 Å². The maximum atomic E-state index is 6.32. The molecule has 9 aromatic rings. The third kappa shape index (κ3) is 4.67. The summed E-state index contributed by atoms with van der Waals surface area (Å²) in [6, 6.07) is 53.9. The molecule has 0 N–H and O–H groups in total. The molecular weight excluding hydrogens is 671 g/mol. The lowest BCUT2D eigenvalue weighted by molar-refractivity contribution is 0.647. The Morgan fingerprint density at radius 2 is 0.982 bits per heavy atom. The minimum atomic E-state index is -0.192. The van der Waals surface area contributed by atoms with Crippen LogP contribution in [0, 0.1) is 0 Å². The summed E-state index contributed by atoms with van der Waals surface area (Å²) in [6.07, 6.45) is 0. The maximum Gasteiger partial charge on any atom is 0.164 e. The van der Waals surface area contributed by atoms with E-state index in [4.69, 9.17) is 19.4 Å². The Hall–Kier alpha value is -6.65. The Morgan fingerprint density at radius 3 is 1.85 bits per heavy atom. The number of benzene rings is 7.